The Hall–Kier alpha value is -0.610. The van der Waals surface area contributed by atoms with E-state index in [2.05, 4.69) is 5.32 Å². The van der Waals surface area contributed by atoms with Crippen LogP contribution < -0.4 is 11.1 Å². The first-order chi connectivity index (χ1) is 7.67. The van der Waals surface area contributed by atoms with E-state index >= 15 is 0 Å². The number of nitrogens with two attached hydrogens (primary N) is 1. The highest BCUT2D eigenvalue weighted by Crippen LogP contribution is 2.23. The maximum atomic E-state index is 11.7. The fourth-order valence-electron chi connectivity index (χ4n) is 2.20. The van der Waals surface area contributed by atoms with Gasteiger partial charge >= 0.3 is 0 Å². The van der Waals surface area contributed by atoms with Crippen LogP contribution in [0.1, 0.15) is 39.0 Å². The van der Waals surface area contributed by atoms with E-state index in [-0.39, 0.29) is 17.9 Å². The number of nitrogens with one attached hydrogen (secondary N) is 1. The topological polar surface area (TPSA) is 75.4 Å². The molecule has 0 spiro atoms. The molecule has 0 aromatic heterocycles. The summed E-state index contributed by atoms with van der Waals surface area (Å²) in [5.41, 5.74) is 5.52. The lowest BCUT2D eigenvalue weighted by molar-refractivity contribution is -0.125. The van der Waals surface area contributed by atoms with Crippen LogP contribution in [0.2, 0.25) is 0 Å². The Labute approximate surface area is 97.6 Å². The average molecular weight is 228 g/mol. The van der Waals surface area contributed by atoms with E-state index in [1.807, 2.05) is 6.92 Å². The summed E-state index contributed by atoms with van der Waals surface area (Å²) in [4.78, 5) is 11.7. The van der Waals surface area contributed by atoms with E-state index in [0.717, 1.165) is 38.6 Å². The molecule has 1 amide bonds. The summed E-state index contributed by atoms with van der Waals surface area (Å²) in [5.74, 6) is 0.563. The number of hydrogen-bond donors (Lipinski definition) is 3. The van der Waals surface area contributed by atoms with E-state index in [9.17, 15) is 9.90 Å². The zero-order chi connectivity index (χ0) is 12.0. The smallest absolute Gasteiger partial charge is 0.224 e. The van der Waals surface area contributed by atoms with Gasteiger partial charge in [-0.25, -0.2) is 0 Å². The van der Waals surface area contributed by atoms with Gasteiger partial charge < -0.3 is 16.2 Å². The Morgan fingerprint density at radius 1 is 1.44 bits per heavy atom. The predicted octanol–water partition coefficient (Wildman–Crippen LogP) is 0.639. The van der Waals surface area contributed by atoms with E-state index in [1.54, 1.807) is 0 Å². The Morgan fingerprint density at radius 3 is 2.56 bits per heavy atom. The molecule has 1 unspecified atom stereocenters. The molecule has 1 rings (SSSR count). The van der Waals surface area contributed by atoms with Crippen molar-refractivity contribution >= 4 is 5.91 Å². The molecule has 0 saturated heterocycles. The highest BCUT2D eigenvalue weighted by Gasteiger charge is 2.21. The molecule has 0 bridgehead atoms. The van der Waals surface area contributed by atoms with Crippen LogP contribution in [-0.2, 0) is 4.79 Å². The Balaban J connectivity index is 2.21. The molecule has 0 aromatic rings. The second kappa shape index (κ2) is 6.86. The third-order valence-corrected chi connectivity index (χ3v) is 3.53. The molecule has 0 aliphatic heterocycles. The second-order valence-electron chi connectivity index (χ2n) is 4.76. The van der Waals surface area contributed by atoms with E-state index in [4.69, 9.17) is 5.73 Å². The van der Waals surface area contributed by atoms with Crippen molar-refractivity contribution in [1.29, 1.82) is 0 Å². The maximum absolute atomic E-state index is 11.7. The van der Waals surface area contributed by atoms with Gasteiger partial charge in [-0.1, -0.05) is 6.92 Å². The molecule has 1 fully saturated rings. The molecule has 4 heteroatoms. The predicted molar refractivity (Wildman–Crippen MR) is 63.8 cm³/mol. The molecule has 1 saturated carbocycles. The lowest BCUT2D eigenvalue weighted by Crippen LogP contribution is -2.38. The van der Waals surface area contributed by atoms with Gasteiger partial charge in [0.05, 0.1) is 6.10 Å². The SMILES string of the molecule is CCC(CN)C(=O)NCC1CCC(O)CC1. The number of carbonyl (C=O) groups is 1. The minimum Gasteiger partial charge on any atom is -0.393 e. The Morgan fingerprint density at radius 2 is 2.06 bits per heavy atom. The number of aliphatic hydroxyl groups excluding tert-OH is 1. The van der Waals surface area contributed by atoms with Gasteiger partial charge in [-0.15, -0.1) is 0 Å². The molecule has 4 N–H and O–H groups in total. The standard InChI is InChI=1S/C12H24N2O2/c1-2-10(7-13)12(16)14-8-9-3-5-11(15)6-4-9/h9-11,15H,2-8,13H2,1H3,(H,14,16). The summed E-state index contributed by atoms with van der Waals surface area (Å²) in [6.45, 7) is 3.14. The van der Waals surface area contributed by atoms with Gasteiger partial charge in [0, 0.05) is 19.0 Å². The van der Waals surface area contributed by atoms with E-state index in [0.29, 0.717) is 12.5 Å². The summed E-state index contributed by atoms with van der Waals surface area (Å²) in [5, 5.41) is 12.3. The van der Waals surface area contributed by atoms with Gasteiger partial charge in [-0.3, -0.25) is 4.79 Å². The fourth-order valence-corrected chi connectivity index (χ4v) is 2.20. The van der Waals surface area contributed by atoms with Crippen molar-refractivity contribution in [2.75, 3.05) is 13.1 Å². The highest BCUT2D eigenvalue weighted by atomic mass is 16.3. The van der Waals surface area contributed by atoms with Gasteiger partial charge in [-0.05, 0) is 38.0 Å². The third kappa shape index (κ3) is 4.10. The molecule has 0 radical (unpaired) electrons. The number of aliphatic hydroxyl groups is 1. The van der Waals surface area contributed by atoms with E-state index < -0.39 is 0 Å². The van der Waals surface area contributed by atoms with Crippen molar-refractivity contribution in [3.8, 4) is 0 Å². The highest BCUT2D eigenvalue weighted by molar-refractivity contribution is 5.78. The molecule has 4 nitrogen and oxygen atoms in total. The van der Waals surface area contributed by atoms with Crippen molar-refractivity contribution in [2.24, 2.45) is 17.6 Å². The molecule has 0 heterocycles. The van der Waals surface area contributed by atoms with Gasteiger partial charge in [0.25, 0.3) is 0 Å². The zero-order valence-electron chi connectivity index (χ0n) is 10.1. The first-order valence-corrected chi connectivity index (χ1v) is 6.33. The van der Waals surface area contributed by atoms with Gasteiger partial charge in [0.1, 0.15) is 0 Å². The van der Waals surface area contributed by atoms with Gasteiger partial charge in [0.15, 0.2) is 0 Å². The van der Waals surface area contributed by atoms with Crippen LogP contribution >= 0.6 is 0 Å². The summed E-state index contributed by atoms with van der Waals surface area (Å²) in [6, 6.07) is 0. The Kier molecular flexibility index (Phi) is 5.77. The van der Waals surface area contributed by atoms with Crippen LogP contribution in [-0.4, -0.2) is 30.2 Å². The zero-order valence-corrected chi connectivity index (χ0v) is 10.1. The van der Waals surface area contributed by atoms with Gasteiger partial charge in [0.2, 0.25) is 5.91 Å². The quantitative estimate of drug-likeness (QED) is 0.646. The summed E-state index contributed by atoms with van der Waals surface area (Å²) in [7, 11) is 0. The van der Waals surface area contributed by atoms with Gasteiger partial charge in [-0.2, -0.15) is 0 Å². The van der Waals surface area contributed by atoms with Crippen LogP contribution in [0.3, 0.4) is 0 Å². The minimum absolute atomic E-state index is 0.0471. The van der Waals surface area contributed by atoms with Crippen LogP contribution in [0.15, 0.2) is 0 Å². The molecule has 16 heavy (non-hydrogen) atoms. The number of rotatable bonds is 5. The largest absolute Gasteiger partial charge is 0.393 e. The van der Waals surface area contributed by atoms with Crippen LogP contribution in [0.4, 0.5) is 0 Å². The maximum Gasteiger partial charge on any atom is 0.224 e. The van der Waals surface area contributed by atoms with Crippen molar-refractivity contribution in [3.63, 3.8) is 0 Å². The lowest BCUT2D eigenvalue weighted by atomic mass is 9.87. The fraction of sp³-hybridized carbons (Fsp3) is 0.917. The van der Waals surface area contributed by atoms with Crippen LogP contribution in [0, 0.1) is 11.8 Å². The van der Waals surface area contributed by atoms with Crippen LogP contribution in [0.25, 0.3) is 0 Å². The summed E-state index contributed by atoms with van der Waals surface area (Å²) >= 11 is 0. The molecule has 1 aliphatic carbocycles. The molecular weight excluding hydrogens is 204 g/mol. The van der Waals surface area contributed by atoms with Crippen molar-refractivity contribution in [1.82, 2.24) is 5.32 Å². The normalized spacial score (nSPS) is 27.4. The summed E-state index contributed by atoms with van der Waals surface area (Å²) in [6.07, 6.45) is 4.44. The van der Waals surface area contributed by atoms with Crippen molar-refractivity contribution in [3.05, 3.63) is 0 Å². The second-order valence-corrected chi connectivity index (χ2v) is 4.76. The third-order valence-electron chi connectivity index (χ3n) is 3.53. The number of carbonyl (C=O) groups excluding carboxylic acids is 1. The Bertz CT molecular complexity index is 209. The molecule has 1 aliphatic rings. The first kappa shape index (κ1) is 13.5. The molecule has 1 atom stereocenters. The van der Waals surface area contributed by atoms with Crippen molar-refractivity contribution < 1.29 is 9.90 Å². The monoisotopic (exact) mass is 228 g/mol. The molecular formula is C12H24N2O2. The number of hydrogen-bond acceptors (Lipinski definition) is 3. The lowest BCUT2D eigenvalue weighted by Gasteiger charge is -2.26. The van der Waals surface area contributed by atoms with Crippen LogP contribution in [0.5, 0.6) is 0 Å². The number of amides is 1. The first-order valence-electron chi connectivity index (χ1n) is 6.33. The van der Waals surface area contributed by atoms with Crippen molar-refractivity contribution in [2.45, 2.75) is 45.1 Å². The summed E-state index contributed by atoms with van der Waals surface area (Å²) < 4.78 is 0. The molecule has 0 aromatic carbocycles. The molecule has 94 valence electrons. The van der Waals surface area contributed by atoms with E-state index in [1.165, 1.54) is 0 Å². The minimum atomic E-state index is -0.126. The average Bonchev–Trinajstić information content (AvgIpc) is 2.30.